The molecule has 1 rings (SSSR count). The lowest BCUT2D eigenvalue weighted by atomic mass is 9.87. The van der Waals surface area contributed by atoms with Crippen LogP contribution in [-0.4, -0.2) is 36.2 Å². The van der Waals surface area contributed by atoms with E-state index in [1.807, 2.05) is 18.7 Å². The molecule has 4 heteroatoms. The van der Waals surface area contributed by atoms with Crippen LogP contribution in [0.3, 0.4) is 0 Å². The molecule has 16 heavy (non-hydrogen) atoms. The van der Waals surface area contributed by atoms with Crippen LogP contribution in [0.1, 0.15) is 33.6 Å². The van der Waals surface area contributed by atoms with E-state index in [-0.39, 0.29) is 24.7 Å². The average molecular weight is 233 g/mol. The molecule has 0 aromatic heterocycles. The van der Waals surface area contributed by atoms with Crippen molar-refractivity contribution < 1.29 is 13.6 Å². The molecule has 0 aromatic carbocycles. The Kier molecular flexibility index (Phi) is 6.41. The number of ketones is 1. The maximum atomic E-state index is 12.5. The van der Waals surface area contributed by atoms with Gasteiger partial charge in [0.1, 0.15) is 0 Å². The summed E-state index contributed by atoms with van der Waals surface area (Å²) in [5.41, 5.74) is 0. The summed E-state index contributed by atoms with van der Waals surface area (Å²) in [5.74, 6) is -2.49. The van der Waals surface area contributed by atoms with Crippen LogP contribution in [0.5, 0.6) is 0 Å². The van der Waals surface area contributed by atoms with E-state index in [2.05, 4.69) is 0 Å². The first-order chi connectivity index (χ1) is 7.41. The molecule has 2 nitrogen and oxygen atoms in total. The molecule has 0 spiro atoms. The van der Waals surface area contributed by atoms with Gasteiger partial charge >= 0.3 is 0 Å². The van der Waals surface area contributed by atoms with Crippen LogP contribution in [0.25, 0.3) is 0 Å². The number of nitrogens with zero attached hydrogens (tertiary/aromatic N) is 1. The quantitative estimate of drug-likeness (QED) is 0.696. The maximum absolute atomic E-state index is 12.5. The van der Waals surface area contributed by atoms with Gasteiger partial charge in [-0.3, -0.25) is 9.69 Å². The van der Waals surface area contributed by atoms with E-state index in [1.54, 1.807) is 13.1 Å². The first-order valence-corrected chi connectivity index (χ1v) is 5.66. The molecule has 0 amide bonds. The maximum Gasteiger partial charge on any atom is 0.251 e. The van der Waals surface area contributed by atoms with E-state index in [9.17, 15) is 13.6 Å². The van der Waals surface area contributed by atoms with Gasteiger partial charge in [-0.2, -0.15) is 0 Å². The predicted octanol–water partition coefficient (Wildman–Crippen LogP) is 2.89. The lowest BCUT2D eigenvalue weighted by Gasteiger charge is -2.40. The van der Waals surface area contributed by atoms with Crippen LogP contribution in [-0.2, 0) is 4.79 Å². The van der Waals surface area contributed by atoms with E-state index in [0.29, 0.717) is 6.54 Å². The molecule has 94 valence electrons. The molecule has 0 N–H and O–H groups in total. The van der Waals surface area contributed by atoms with Gasteiger partial charge in [-0.05, 0) is 20.0 Å². The van der Waals surface area contributed by atoms with Crippen molar-refractivity contribution in [1.82, 2.24) is 4.90 Å². The highest BCUT2D eigenvalue weighted by Crippen LogP contribution is 2.39. The zero-order valence-electron chi connectivity index (χ0n) is 10.5. The summed E-state index contributed by atoms with van der Waals surface area (Å²) in [6.07, 6.45) is 3.06. The number of alkyl halides is 2. The second kappa shape index (κ2) is 6.74. The van der Waals surface area contributed by atoms with Crippen molar-refractivity contribution in [2.24, 2.45) is 0 Å². The fraction of sp³-hybridized carbons (Fsp3) is 0.750. The molecule has 1 aliphatic carbocycles. The van der Waals surface area contributed by atoms with E-state index in [4.69, 9.17) is 0 Å². The first kappa shape index (κ1) is 15.2. The second-order valence-corrected chi connectivity index (χ2v) is 3.87. The largest absolute Gasteiger partial charge is 0.299 e. The van der Waals surface area contributed by atoms with Gasteiger partial charge in [0.15, 0.2) is 5.78 Å². The SMILES string of the molecule is CC.CC(=O)/C=C/CN(C)C1CC(F)(F)C1. The molecule has 0 atom stereocenters. The Balaban J connectivity index is 0.00000106. The number of hydrogen-bond donors (Lipinski definition) is 0. The van der Waals surface area contributed by atoms with Crippen molar-refractivity contribution in [3.05, 3.63) is 12.2 Å². The molecule has 0 saturated heterocycles. The highest BCUT2D eigenvalue weighted by Gasteiger charge is 2.46. The van der Waals surface area contributed by atoms with Gasteiger partial charge in [-0.25, -0.2) is 8.78 Å². The number of hydrogen-bond acceptors (Lipinski definition) is 2. The van der Waals surface area contributed by atoms with E-state index < -0.39 is 5.92 Å². The van der Waals surface area contributed by atoms with Crippen molar-refractivity contribution >= 4 is 5.78 Å². The zero-order valence-corrected chi connectivity index (χ0v) is 10.5. The van der Waals surface area contributed by atoms with Gasteiger partial charge in [0.2, 0.25) is 0 Å². The van der Waals surface area contributed by atoms with Crippen LogP contribution < -0.4 is 0 Å². The zero-order chi connectivity index (χ0) is 12.8. The molecular weight excluding hydrogens is 212 g/mol. The first-order valence-electron chi connectivity index (χ1n) is 5.66. The van der Waals surface area contributed by atoms with Crippen LogP contribution in [0.2, 0.25) is 0 Å². The summed E-state index contributed by atoms with van der Waals surface area (Å²) in [4.78, 5) is 12.4. The Morgan fingerprint density at radius 1 is 1.44 bits per heavy atom. The Bertz CT molecular complexity index is 243. The Labute approximate surface area is 96.3 Å². The number of carbonyl (C=O) groups excluding carboxylic acids is 1. The third-order valence-electron chi connectivity index (χ3n) is 2.44. The fourth-order valence-corrected chi connectivity index (χ4v) is 1.48. The summed E-state index contributed by atoms with van der Waals surface area (Å²) in [6, 6.07) is -0.0402. The minimum Gasteiger partial charge on any atom is -0.299 e. The summed E-state index contributed by atoms with van der Waals surface area (Å²) >= 11 is 0. The van der Waals surface area contributed by atoms with Crippen molar-refractivity contribution in [3.63, 3.8) is 0 Å². The highest BCUT2D eigenvalue weighted by atomic mass is 19.3. The molecular formula is C12H21F2NO. The average Bonchev–Trinajstić information content (AvgIpc) is 2.16. The molecule has 1 fully saturated rings. The fourth-order valence-electron chi connectivity index (χ4n) is 1.48. The smallest absolute Gasteiger partial charge is 0.251 e. The Morgan fingerprint density at radius 3 is 2.31 bits per heavy atom. The van der Waals surface area contributed by atoms with Gasteiger partial charge in [0.05, 0.1) is 0 Å². The Morgan fingerprint density at radius 2 is 1.94 bits per heavy atom. The molecule has 1 aliphatic rings. The molecule has 0 bridgehead atoms. The summed E-state index contributed by atoms with van der Waals surface area (Å²) in [7, 11) is 1.80. The standard InChI is InChI=1S/C10H15F2NO.C2H6/c1-8(14)4-3-5-13(2)9-6-10(11,12)7-9;1-2/h3-4,9H,5-7H2,1-2H3;1-2H3/b4-3+;. The number of allylic oxidation sites excluding steroid dienone is 1. The normalized spacial score (nSPS) is 19.2. The lowest BCUT2D eigenvalue weighted by Crippen LogP contribution is -2.49. The number of halogens is 2. The predicted molar refractivity (Wildman–Crippen MR) is 61.8 cm³/mol. The van der Waals surface area contributed by atoms with Crippen molar-refractivity contribution in [3.8, 4) is 0 Å². The van der Waals surface area contributed by atoms with Crippen LogP contribution >= 0.6 is 0 Å². The molecule has 0 unspecified atom stereocenters. The second-order valence-electron chi connectivity index (χ2n) is 3.87. The van der Waals surface area contributed by atoms with Gasteiger partial charge in [-0.15, -0.1) is 0 Å². The summed E-state index contributed by atoms with van der Waals surface area (Å²) in [6.45, 7) is 6.02. The van der Waals surface area contributed by atoms with Crippen molar-refractivity contribution in [1.29, 1.82) is 0 Å². The van der Waals surface area contributed by atoms with Crippen LogP contribution in [0, 0.1) is 0 Å². The minimum absolute atomic E-state index is 0.0164. The van der Waals surface area contributed by atoms with Crippen molar-refractivity contribution in [2.45, 2.75) is 45.6 Å². The van der Waals surface area contributed by atoms with Gasteiger partial charge < -0.3 is 0 Å². The van der Waals surface area contributed by atoms with E-state index in [0.717, 1.165) is 0 Å². The van der Waals surface area contributed by atoms with Crippen LogP contribution in [0.4, 0.5) is 8.78 Å². The van der Waals surface area contributed by atoms with E-state index >= 15 is 0 Å². The minimum atomic E-state index is -2.47. The monoisotopic (exact) mass is 233 g/mol. The molecule has 1 saturated carbocycles. The van der Waals surface area contributed by atoms with Gasteiger partial charge in [0.25, 0.3) is 5.92 Å². The Hall–Kier alpha value is -0.770. The van der Waals surface area contributed by atoms with Gasteiger partial charge in [-0.1, -0.05) is 19.9 Å². The molecule has 0 radical (unpaired) electrons. The molecule has 0 aliphatic heterocycles. The number of rotatable bonds is 4. The number of likely N-dealkylation sites (N-methyl/N-ethyl adjacent to an activating group) is 1. The van der Waals surface area contributed by atoms with Crippen LogP contribution in [0.15, 0.2) is 12.2 Å². The third kappa shape index (κ3) is 5.35. The summed E-state index contributed by atoms with van der Waals surface area (Å²) in [5, 5.41) is 0. The number of carbonyl (C=O) groups is 1. The van der Waals surface area contributed by atoms with E-state index in [1.165, 1.54) is 13.0 Å². The lowest BCUT2D eigenvalue weighted by molar-refractivity contribution is -0.118. The molecule has 0 aromatic rings. The third-order valence-corrected chi connectivity index (χ3v) is 2.44. The topological polar surface area (TPSA) is 20.3 Å². The highest BCUT2D eigenvalue weighted by molar-refractivity contribution is 5.87. The summed E-state index contributed by atoms with van der Waals surface area (Å²) < 4.78 is 25.0. The molecule has 0 heterocycles. The van der Waals surface area contributed by atoms with Gasteiger partial charge in [0, 0.05) is 25.4 Å². The van der Waals surface area contributed by atoms with Crippen molar-refractivity contribution in [2.75, 3.05) is 13.6 Å².